The minimum absolute atomic E-state index is 0.343. The molecule has 0 aromatic rings. The average Bonchev–Trinajstić information content (AvgIpc) is 2.67. The molecule has 0 radical (unpaired) electrons. The molecular formula is C23H47NO4. The fourth-order valence-corrected chi connectivity index (χ4v) is 2.51. The summed E-state index contributed by atoms with van der Waals surface area (Å²) >= 11 is 0. The summed E-state index contributed by atoms with van der Waals surface area (Å²) in [6, 6.07) is 0. The SMILES string of the molecule is C=CC(=O)O.CCCCCCCCCCCC(=O)O.CCCCCCCCN. The molecular weight excluding hydrogens is 354 g/mol. The van der Waals surface area contributed by atoms with Gasteiger partial charge in [0.2, 0.25) is 0 Å². The molecule has 0 spiro atoms. The fourth-order valence-electron chi connectivity index (χ4n) is 2.51. The van der Waals surface area contributed by atoms with Gasteiger partial charge >= 0.3 is 11.9 Å². The molecule has 168 valence electrons. The van der Waals surface area contributed by atoms with Crippen molar-refractivity contribution >= 4 is 11.9 Å². The minimum Gasteiger partial charge on any atom is -0.481 e. The number of aliphatic carboxylic acids is 2. The molecule has 0 fully saturated rings. The van der Waals surface area contributed by atoms with Crippen LogP contribution in [0, 0.1) is 0 Å². The van der Waals surface area contributed by atoms with Crippen LogP contribution < -0.4 is 5.73 Å². The zero-order valence-electron chi connectivity index (χ0n) is 18.6. The number of nitrogens with two attached hydrogens (primary N) is 1. The molecule has 0 amide bonds. The monoisotopic (exact) mass is 401 g/mol. The number of hydrogen-bond donors (Lipinski definition) is 3. The Morgan fingerprint density at radius 1 is 0.714 bits per heavy atom. The van der Waals surface area contributed by atoms with Gasteiger partial charge in [-0.3, -0.25) is 4.79 Å². The second kappa shape index (κ2) is 30.4. The van der Waals surface area contributed by atoms with Crippen molar-refractivity contribution in [2.45, 2.75) is 117 Å². The summed E-state index contributed by atoms with van der Waals surface area (Å²) in [5.74, 6) is -1.64. The molecule has 0 atom stereocenters. The first-order valence-corrected chi connectivity index (χ1v) is 11.2. The topological polar surface area (TPSA) is 101 Å². The normalized spacial score (nSPS) is 9.54. The summed E-state index contributed by atoms with van der Waals surface area (Å²) in [5.41, 5.74) is 5.34. The minimum atomic E-state index is -0.981. The number of hydrogen-bond acceptors (Lipinski definition) is 3. The van der Waals surface area contributed by atoms with Crippen molar-refractivity contribution in [3.63, 3.8) is 0 Å². The highest BCUT2D eigenvalue weighted by Gasteiger charge is 1.96. The Hall–Kier alpha value is -1.36. The second-order valence-corrected chi connectivity index (χ2v) is 7.07. The smallest absolute Gasteiger partial charge is 0.327 e. The Morgan fingerprint density at radius 3 is 1.32 bits per heavy atom. The van der Waals surface area contributed by atoms with E-state index in [0.29, 0.717) is 6.42 Å². The second-order valence-electron chi connectivity index (χ2n) is 7.07. The number of rotatable bonds is 17. The van der Waals surface area contributed by atoms with E-state index in [1.807, 2.05) is 0 Å². The zero-order valence-corrected chi connectivity index (χ0v) is 18.6. The van der Waals surface area contributed by atoms with Gasteiger partial charge in [0.05, 0.1) is 0 Å². The summed E-state index contributed by atoms with van der Waals surface area (Å²) in [7, 11) is 0. The lowest BCUT2D eigenvalue weighted by atomic mass is 10.1. The van der Waals surface area contributed by atoms with E-state index in [4.69, 9.17) is 15.9 Å². The van der Waals surface area contributed by atoms with E-state index in [1.54, 1.807) is 0 Å². The van der Waals surface area contributed by atoms with Gasteiger partial charge in [-0.15, -0.1) is 0 Å². The van der Waals surface area contributed by atoms with Crippen LogP contribution in [0.3, 0.4) is 0 Å². The van der Waals surface area contributed by atoms with Gasteiger partial charge in [0, 0.05) is 12.5 Å². The van der Waals surface area contributed by atoms with E-state index >= 15 is 0 Å². The van der Waals surface area contributed by atoms with Crippen LogP contribution in [0.2, 0.25) is 0 Å². The van der Waals surface area contributed by atoms with Crippen molar-refractivity contribution in [1.29, 1.82) is 0 Å². The summed E-state index contributed by atoms with van der Waals surface area (Å²) in [6.07, 6.45) is 20.4. The predicted molar refractivity (Wildman–Crippen MR) is 120 cm³/mol. The van der Waals surface area contributed by atoms with E-state index in [0.717, 1.165) is 25.5 Å². The maximum atomic E-state index is 10.2. The van der Waals surface area contributed by atoms with E-state index in [-0.39, 0.29) is 0 Å². The first-order valence-electron chi connectivity index (χ1n) is 11.2. The maximum absolute atomic E-state index is 10.2. The average molecular weight is 402 g/mol. The largest absolute Gasteiger partial charge is 0.481 e. The molecule has 28 heavy (non-hydrogen) atoms. The Labute approximate surface area is 173 Å². The molecule has 0 aromatic heterocycles. The standard InChI is InChI=1S/C12H24O2.C8H19N.C3H4O2/c1-2-3-4-5-6-7-8-9-10-11-12(13)14;1-2-3-4-5-6-7-8-9;1-2-3(4)5/h2-11H2,1H3,(H,13,14);2-9H2,1H3;2H,1H2,(H,4,5). The van der Waals surface area contributed by atoms with E-state index in [2.05, 4.69) is 20.4 Å². The molecule has 0 bridgehead atoms. The molecule has 5 heteroatoms. The number of carbonyl (C=O) groups is 2. The van der Waals surface area contributed by atoms with Crippen LogP contribution in [0.15, 0.2) is 12.7 Å². The van der Waals surface area contributed by atoms with E-state index < -0.39 is 11.9 Å². The highest BCUT2D eigenvalue weighted by atomic mass is 16.4. The highest BCUT2D eigenvalue weighted by molar-refractivity contribution is 5.78. The van der Waals surface area contributed by atoms with Gasteiger partial charge in [-0.25, -0.2) is 4.79 Å². The molecule has 0 rings (SSSR count). The molecule has 0 aliphatic carbocycles. The lowest BCUT2D eigenvalue weighted by molar-refractivity contribution is -0.137. The third kappa shape index (κ3) is 44.3. The van der Waals surface area contributed by atoms with Crippen LogP contribution in [0.4, 0.5) is 0 Å². The van der Waals surface area contributed by atoms with Gasteiger partial charge in [-0.05, 0) is 19.4 Å². The summed E-state index contributed by atoms with van der Waals surface area (Å²) in [4.78, 5) is 19.5. The van der Waals surface area contributed by atoms with Crippen molar-refractivity contribution in [3.05, 3.63) is 12.7 Å². The third-order valence-corrected chi connectivity index (χ3v) is 4.23. The van der Waals surface area contributed by atoms with Gasteiger partial charge in [0.1, 0.15) is 0 Å². The molecule has 0 aromatic carbocycles. The number of carboxylic acid groups (broad SMARTS) is 2. The lowest BCUT2D eigenvalue weighted by Crippen LogP contribution is -1.97. The van der Waals surface area contributed by atoms with Gasteiger partial charge in [-0.2, -0.15) is 0 Å². The summed E-state index contributed by atoms with van der Waals surface area (Å²) < 4.78 is 0. The Balaban J connectivity index is -0.000000381. The van der Waals surface area contributed by atoms with Gasteiger partial charge in [0.25, 0.3) is 0 Å². The first-order chi connectivity index (χ1) is 13.5. The van der Waals surface area contributed by atoms with Crippen LogP contribution in [0.1, 0.15) is 117 Å². The molecule has 0 aliphatic rings. The fraction of sp³-hybridized carbons (Fsp3) is 0.826. The molecule has 0 saturated carbocycles. The lowest BCUT2D eigenvalue weighted by Gasteiger charge is -2.00. The summed E-state index contributed by atoms with van der Waals surface area (Å²) in [5, 5.41) is 16.0. The Bertz CT molecular complexity index is 327. The predicted octanol–water partition coefficient (Wildman–Crippen LogP) is 6.55. The molecule has 0 saturated heterocycles. The summed E-state index contributed by atoms with van der Waals surface area (Å²) in [6.45, 7) is 8.29. The van der Waals surface area contributed by atoms with Gasteiger partial charge in [0.15, 0.2) is 0 Å². The molecule has 0 heterocycles. The van der Waals surface area contributed by atoms with Crippen LogP contribution >= 0.6 is 0 Å². The molecule has 0 aliphatic heterocycles. The van der Waals surface area contributed by atoms with Gasteiger partial charge in [-0.1, -0.05) is 104 Å². The number of carboxylic acids is 2. The molecule has 5 nitrogen and oxygen atoms in total. The molecule has 4 N–H and O–H groups in total. The van der Waals surface area contributed by atoms with Crippen molar-refractivity contribution in [1.82, 2.24) is 0 Å². The van der Waals surface area contributed by atoms with Crippen molar-refractivity contribution in [3.8, 4) is 0 Å². The first kappa shape index (κ1) is 31.3. The maximum Gasteiger partial charge on any atom is 0.327 e. The highest BCUT2D eigenvalue weighted by Crippen LogP contribution is 2.10. The van der Waals surface area contributed by atoms with Crippen LogP contribution in [-0.2, 0) is 9.59 Å². The molecule has 0 unspecified atom stereocenters. The van der Waals surface area contributed by atoms with E-state index in [1.165, 1.54) is 83.5 Å². The van der Waals surface area contributed by atoms with Crippen molar-refractivity contribution < 1.29 is 19.8 Å². The third-order valence-electron chi connectivity index (χ3n) is 4.23. The zero-order chi connectivity index (χ0) is 21.9. The van der Waals surface area contributed by atoms with Crippen LogP contribution in [0.25, 0.3) is 0 Å². The Morgan fingerprint density at radius 2 is 1.04 bits per heavy atom. The number of unbranched alkanes of at least 4 members (excludes halogenated alkanes) is 13. The van der Waals surface area contributed by atoms with E-state index in [9.17, 15) is 9.59 Å². The van der Waals surface area contributed by atoms with Crippen LogP contribution in [-0.4, -0.2) is 28.7 Å². The van der Waals surface area contributed by atoms with Crippen molar-refractivity contribution in [2.24, 2.45) is 5.73 Å². The van der Waals surface area contributed by atoms with Gasteiger partial charge < -0.3 is 15.9 Å². The Kier molecular flexibility index (Phi) is 34.0. The van der Waals surface area contributed by atoms with Crippen LogP contribution in [0.5, 0.6) is 0 Å². The quantitative estimate of drug-likeness (QED) is 0.189. The van der Waals surface area contributed by atoms with Crippen molar-refractivity contribution in [2.75, 3.05) is 6.54 Å².